The summed E-state index contributed by atoms with van der Waals surface area (Å²) in [5.74, 6) is 0.908. The van der Waals surface area contributed by atoms with Crippen molar-refractivity contribution in [3.63, 3.8) is 0 Å². The summed E-state index contributed by atoms with van der Waals surface area (Å²) in [6.45, 7) is 9.90. The molecule has 2 aliphatic rings. The van der Waals surface area contributed by atoms with E-state index in [1.807, 2.05) is 15.7 Å². The van der Waals surface area contributed by atoms with Crippen LogP contribution >= 0.6 is 0 Å². The fourth-order valence-corrected chi connectivity index (χ4v) is 3.07. The van der Waals surface area contributed by atoms with Crippen molar-refractivity contribution < 1.29 is 4.79 Å². The summed E-state index contributed by atoms with van der Waals surface area (Å²) in [5.41, 5.74) is 0.580. The van der Waals surface area contributed by atoms with Crippen LogP contribution < -0.4 is 5.32 Å². The van der Waals surface area contributed by atoms with Gasteiger partial charge in [0.15, 0.2) is 0 Å². The van der Waals surface area contributed by atoms with E-state index in [1.165, 1.54) is 0 Å². The molecule has 3 rings (SSSR count). The van der Waals surface area contributed by atoms with Crippen LogP contribution in [0.2, 0.25) is 0 Å². The van der Waals surface area contributed by atoms with E-state index in [1.54, 1.807) is 0 Å². The highest BCUT2D eigenvalue weighted by Gasteiger charge is 2.26. The minimum Gasteiger partial charge on any atom is -0.356 e. The van der Waals surface area contributed by atoms with Gasteiger partial charge in [-0.3, -0.25) is 9.69 Å². The molecule has 6 heteroatoms. The van der Waals surface area contributed by atoms with Gasteiger partial charge in [0.2, 0.25) is 5.95 Å². The lowest BCUT2D eigenvalue weighted by atomic mass is 10.2. The van der Waals surface area contributed by atoms with Crippen molar-refractivity contribution >= 4 is 11.9 Å². The van der Waals surface area contributed by atoms with Crippen LogP contribution in [0.25, 0.3) is 0 Å². The van der Waals surface area contributed by atoms with Crippen LogP contribution in [-0.4, -0.2) is 64.0 Å². The van der Waals surface area contributed by atoms with Crippen LogP contribution in [0.15, 0.2) is 6.20 Å². The molecule has 21 heavy (non-hydrogen) atoms. The second-order valence-corrected chi connectivity index (χ2v) is 6.01. The monoisotopic (exact) mass is 291 g/mol. The number of hydrogen-bond donors (Lipinski definition) is 1. The Morgan fingerprint density at radius 2 is 2.10 bits per heavy atom. The molecule has 1 aromatic rings. The number of aryl methyl sites for hydroxylation is 1. The number of carbonyl (C=O) groups excluding carboxylic acids is 1. The van der Waals surface area contributed by atoms with Gasteiger partial charge in [-0.1, -0.05) is 6.92 Å². The molecular formula is C15H25N5O. The summed E-state index contributed by atoms with van der Waals surface area (Å²) in [4.78, 5) is 21.4. The van der Waals surface area contributed by atoms with Gasteiger partial charge in [0.1, 0.15) is 5.69 Å². The molecule has 1 N–H and O–H groups in total. The van der Waals surface area contributed by atoms with E-state index in [4.69, 9.17) is 0 Å². The Hall–Kier alpha value is -1.56. The van der Waals surface area contributed by atoms with E-state index in [0.717, 1.165) is 58.1 Å². The summed E-state index contributed by atoms with van der Waals surface area (Å²) in [5, 5.41) is 3.24. The Kier molecular flexibility index (Phi) is 4.14. The first-order valence-corrected chi connectivity index (χ1v) is 8.03. The van der Waals surface area contributed by atoms with Gasteiger partial charge >= 0.3 is 0 Å². The molecule has 116 valence electrons. The van der Waals surface area contributed by atoms with Crippen molar-refractivity contribution in [2.24, 2.45) is 0 Å². The number of piperazine rings is 1. The number of amides is 1. The topological polar surface area (TPSA) is 53.4 Å². The maximum absolute atomic E-state index is 12.6. The molecule has 1 amide bonds. The molecule has 0 aliphatic carbocycles. The number of nitrogens with one attached hydrogen (secondary N) is 1. The van der Waals surface area contributed by atoms with Gasteiger partial charge in [-0.2, -0.15) is 0 Å². The smallest absolute Gasteiger partial charge is 0.274 e. The first-order valence-electron chi connectivity index (χ1n) is 8.03. The molecule has 6 nitrogen and oxygen atoms in total. The van der Waals surface area contributed by atoms with Gasteiger partial charge in [-0.15, -0.1) is 0 Å². The average molecular weight is 291 g/mol. The lowest BCUT2D eigenvalue weighted by molar-refractivity contribution is 0.0574. The Morgan fingerprint density at radius 1 is 1.33 bits per heavy atom. The Bertz CT molecular complexity index is 481. The maximum Gasteiger partial charge on any atom is 0.274 e. The summed E-state index contributed by atoms with van der Waals surface area (Å²) < 4.78 is 2.05. The van der Waals surface area contributed by atoms with Crippen molar-refractivity contribution in [1.29, 1.82) is 0 Å². The fraction of sp³-hybridized carbons (Fsp3) is 0.733. The largest absolute Gasteiger partial charge is 0.356 e. The van der Waals surface area contributed by atoms with Crippen LogP contribution in [0.5, 0.6) is 0 Å². The van der Waals surface area contributed by atoms with Crippen molar-refractivity contribution in [2.75, 3.05) is 38.0 Å². The molecular weight excluding hydrogens is 266 g/mol. The minimum atomic E-state index is 0.0718. The van der Waals surface area contributed by atoms with E-state index >= 15 is 0 Å². The number of imidazole rings is 1. The number of fused-ring (bicyclic) bond motifs is 1. The van der Waals surface area contributed by atoms with Crippen molar-refractivity contribution in [1.82, 2.24) is 19.4 Å². The molecule has 1 unspecified atom stereocenters. The Morgan fingerprint density at radius 3 is 2.76 bits per heavy atom. The van der Waals surface area contributed by atoms with Gasteiger partial charge in [0, 0.05) is 51.5 Å². The molecule has 1 fully saturated rings. The normalized spacial score (nSPS) is 20.8. The molecule has 3 heterocycles. The predicted octanol–water partition coefficient (Wildman–Crippen LogP) is 1.25. The van der Waals surface area contributed by atoms with Crippen LogP contribution in [0, 0.1) is 0 Å². The number of hydrogen-bond acceptors (Lipinski definition) is 4. The predicted molar refractivity (Wildman–Crippen MR) is 82.6 cm³/mol. The fourth-order valence-electron chi connectivity index (χ4n) is 3.07. The summed E-state index contributed by atoms with van der Waals surface area (Å²) in [6.07, 6.45) is 4.14. The highest BCUT2D eigenvalue weighted by atomic mass is 16.2. The third kappa shape index (κ3) is 2.90. The van der Waals surface area contributed by atoms with Crippen molar-refractivity contribution in [2.45, 2.75) is 39.3 Å². The molecule has 0 bridgehead atoms. The zero-order valence-electron chi connectivity index (χ0n) is 13.0. The van der Waals surface area contributed by atoms with E-state index in [-0.39, 0.29) is 5.91 Å². The highest BCUT2D eigenvalue weighted by molar-refractivity contribution is 5.92. The molecule has 1 saturated heterocycles. The zero-order chi connectivity index (χ0) is 14.8. The van der Waals surface area contributed by atoms with E-state index in [0.29, 0.717) is 11.7 Å². The van der Waals surface area contributed by atoms with Gasteiger partial charge < -0.3 is 14.8 Å². The first kappa shape index (κ1) is 14.4. The molecule has 1 aromatic heterocycles. The quantitative estimate of drug-likeness (QED) is 0.911. The van der Waals surface area contributed by atoms with Crippen LogP contribution in [0.3, 0.4) is 0 Å². The maximum atomic E-state index is 12.6. The number of aromatic nitrogens is 2. The van der Waals surface area contributed by atoms with Crippen molar-refractivity contribution in [3.8, 4) is 0 Å². The average Bonchev–Trinajstić information content (AvgIpc) is 2.97. The molecule has 0 radical (unpaired) electrons. The van der Waals surface area contributed by atoms with Crippen LogP contribution in [0.1, 0.15) is 37.2 Å². The van der Waals surface area contributed by atoms with E-state index in [9.17, 15) is 4.79 Å². The van der Waals surface area contributed by atoms with Crippen LogP contribution in [0.4, 0.5) is 5.95 Å². The number of nitrogens with zero attached hydrogens (tertiary/aromatic N) is 4. The lowest BCUT2D eigenvalue weighted by Crippen LogP contribution is -2.51. The Balaban J connectivity index is 1.63. The number of carbonyl (C=O) groups is 1. The molecule has 0 spiro atoms. The number of rotatable bonds is 3. The van der Waals surface area contributed by atoms with E-state index in [2.05, 4.69) is 29.0 Å². The van der Waals surface area contributed by atoms with Gasteiger partial charge in [0.25, 0.3) is 5.91 Å². The Labute approximate surface area is 126 Å². The number of anilines is 1. The molecule has 2 aliphatic heterocycles. The lowest BCUT2D eigenvalue weighted by Gasteiger charge is -2.37. The third-order valence-electron chi connectivity index (χ3n) is 4.67. The summed E-state index contributed by atoms with van der Waals surface area (Å²) in [6, 6.07) is 0.603. The van der Waals surface area contributed by atoms with Gasteiger partial charge in [-0.25, -0.2) is 4.98 Å². The van der Waals surface area contributed by atoms with Crippen molar-refractivity contribution in [3.05, 3.63) is 11.9 Å². The summed E-state index contributed by atoms with van der Waals surface area (Å²) in [7, 11) is 0. The first-order chi connectivity index (χ1) is 10.2. The third-order valence-corrected chi connectivity index (χ3v) is 4.67. The minimum absolute atomic E-state index is 0.0718. The van der Waals surface area contributed by atoms with Gasteiger partial charge in [0.05, 0.1) is 0 Å². The summed E-state index contributed by atoms with van der Waals surface area (Å²) >= 11 is 0. The molecule has 1 atom stereocenters. The molecule has 0 saturated carbocycles. The standard InChI is InChI=1S/C15H25N5O/c1-3-12(2)18-7-9-19(10-8-18)14(21)13-11-20-6-4-5-16-15(20)17-13/h11-12H,3-10H2,1-2H3,(H,16,17). The van der Waals surface area contributed by atoms with Crippen LogP contribution in [-0.2, 0) is 6.54 Å². The second-order valence-electron chi connectivity index (χ2n) is 6.01. The second kappa shape index (κ2) is 6.05. The highest BCUT2D eigenvalue weighted by Crippen LogP contribution is 2.17. The molecule has 0 aromatic carbocycles. The van der Waals surface area contributed by atoms with E-state index < -0.39 is 0 Å². The SMILES string of the molecule is CCC(C)N1CCN(C(=O)c2cn3c(n2)NCCC3)CC1. The zero-order valence-corrected chi connectivity index (χ0v) is 13.0. The van der Waals surface area contributed by atoms with Gasteiger partial charge in [-0.05, 0) is 19.8 Å².